The summed E-state index contributed by atoms with van der Waals surface area (Å²) in [6.07, 6.45) is 2.96. The number of anilines is 1. The molecule has 3 N–H and O–H groups in total. The Balaban J connectivity index is 1.75. The van der Waals surface area contributed by atoms with Crippen molar-refractivity contribution < 1.29 is 4.79 Å². The molecular weight excluding hydrogens is 302 g/mol. The Morgan fingerprint density at radius 2 is 1.96 bits per heavy atom. The normalized spacial score (nSPS) is 10.4. The maximum atomic E-state index is 12.4. The Morgan fingerprint density at radius 3 is 2.67 bits per heavy atom. The molecule has 6 heteroatoms. The smallest absolute Gasteiger partial charge is 0.253 e. The maximum absolute atomic E-state index is 12.4. The minimum Gasteiger partial charge on any atom is -0.383 e. The van der Waals surface area contributed by atoms with E-state index in [2.05, 4.69) is 20.3 Å². The van der Waals surface area contributed by atoms with Crippen molar-refractivity contribution in [2.24, 2.45) is 0 Å². The fourth-order valence-corrected chi connectivity index (χ4v) is 2.35. The Morgan fingerprint density at radius 1 is 1.17 bits per heavy atom. The summed E-state index contributed by atoms with van der Waals surface area (Å²) < 4.78 is 0. The van der Waals surface area contributed by atoms with E-state index in [1.54, 1.807) is 12.3 Å². The van der Waals surface area contributed by atoms with E-state index in [-0.39, 0.29) is 12.5 Å². The third-order valence-electron chi connectivity index (χ3n) is 3.66. The highest BCUT2D eigenvalue weighted by Gasteiger charge is 2.12. The fourth-order valence-electron chi connectivity index (χ4n) is 2.35. The Labute approximate surface area is 139 Å². The first-order valence-electron chi connectivity index (χ1n) is 7.51. The first-order chi connectivity index (χ1) is 11.6. The number of carbonyl (C=O) groups is 1. The number of aromatic nitrogens is 3. The van der Waals surface area contributed by atoms with Gasteiger partial charge in [0.25, 0.3) is 5.91 Å². The molecule has 3 aromatic rings. The molecule has 2 heterocycles. The van der Waals surface area contributed by atoms with Crippen molar-refractivity contribution in [1.29, 1.82) is 0 Å². The number of benzene rings is 1. The molecule has 0 aliphatic carbocycles. The number of hydrogen-bond acceptors (Lipinski definition) is 5. The lowest BCUT2D eigenvalue weighted by molar-refractivity contribution is 0.0950. The molecule has 0 saturated carbocycles. The zero-order valence-electron chi connectivity index (χ0n) is 13.2. The fraction of sp³-hybridized carbons (Fsp3) is 0.111. The molecule has 120 valence electrons. The number of aryl methyl sites for hydroxylation is 1. The number of pyridine rings is 1. The van der Waals surface area contributed by atoms with Crippen molar-refractivity contribution >= 4 is 11.7 Å². The van der Waals surface area contributed by atoms with Crippen molar-refractivity contribution in [1.82, 2.24) is 20.3 Å². The molecule has 0 spiro atoms. The van der Waals surface area contributed by atoms with Crippen LogP contribution in [0.2, 0.25) is 0 Å². The number of nitrogen functional groups attached to an aromatic ring is 1. The predicted molar refractivity (Wildman–Crippen MR) is 92.0 cm³/mol. The van der Waals surface area contributed by atoms with E-state index in [1.165, 1.54) is 6.33 Å². The van der Waals surface area contributed by atoms with Gasteiger partial charge in [-0.2, -0.15) is 0 Å². The van der Waals surface area contributed by atoms with Crippen LogP contribution >= 0.6 is 0 Å². The van der Waals surface area contributed by atoms with Crippen LogP contribution in [0.5, 0.6) is 0 Å². The number of rotatable bonds is 4. The third-order valence-corrected chi connectivity index (χ3v) is 3.66. The monoisotopic (exact) mass is 319 g/mol. The van der Waals surface area contributed by atoms with Crippen molar-refractivity contribution in [3.05, 3.63) is 71.8 Å². The molecule has 0 bridgehead atoms. The van der Waals surface area contributed by atoms with E-state index < -0.39 is 0 Å². The van der Waals surface area contributed by atoms with E-state index in [1.807, 2.05) is 43.3 Å². The quantitative estimate of drug-likeness (QED) is 0.770. The van der Waals surface area contributed by atoms with Crippen molar-refractivity contribution in [3.8, 4) is 11.3 Å². The first kappa shape index (κ1) is 15.6. The van der Waals surface area contributed by atoms with E-state index in [0.29, 0.717) is 22.6 Å². The molecule has 0 radical (unpaired) electrons. The van der Waals surface area contributed by atoms with Crippen molar-refractivity contribution in [2.45, 2.75) is 13.5 Å². The molecule has 1 aromatic carbocycles. The van der Waals surface area contributed by atoms with Gasteiger partial charge in [-0.25, -0.2) is 9.97 Å². The van der Waals surface area contributed by atoms with Crippen LogP contribution in [0.25, 0.3) is 11.3 Å². The summed E-state index contributed by atoms with van der Waals surface area (Å²) in [4.78, 5) is 24.7. The molecule has 0 aliphatic heterocycles. The van der Waals surface area contributed by atoms with Gasteiger partial charge in [-0.1, -0.05) is 30.3 Å². The van der Waals surface area contributed by atoms with E-state index in [4.69, 9.17) is 5.73 Å². The summed E-state index contributed by atoms with van der Waals surface area (Å²) in [6, 6.07) is 13.5. The van der Waals surface area contributed by atoms with Gasteiger partial charge in [-0.3, -0.25) is 9.78 Å². The topological polar surface area (TPSA) is 93.8 Å². The second kappa shape index (κ2) is 6.87. The molecule has 0 saturated heterocycles. The summed E-state index contributed by atoms with van der Waals surface area (Å²) in [5, 5.41) is 2.82. The molecule has 1 amide bonds. The number of carbonyl (C=O) groups excluding carboxylic acids is 1. The minimum absolute atomic E-state index is 0.206. The zero-order chi connectivity index (χ0) is 16.9. The SMILES string of the molecule is Cc1nc(-c2ccccc2)ccc1C(=O)NCc1cncnc1N. The highest BCUT2D eigenvalue weighted by Crippen LogP contribution is 2.18. The van der Waals surface area contributed by atoms with Gasteiger partial charge in [0.2, 0.25) is 0 Å². The lowest BCUT2D eigenvalue weighted by Gasteiger charge is -2.09. The molecule has 0 unspecified atom stereocenters. The Kier molecular flexibility index (Phi) is 4.47. The van der Waals surface area contributed by atoms with E-state index in [9.17, 15) is 4.79 Å². The number of nitrogens with zero attached hydrogens (tertiary/aromatic N) is 3. The van der Waals surface area contributed by atoms with Gasteiger partial charge < -0.3 is 11.1 Å². The summed E-state index contributed by atoms with van der Waals surface area (Å²) in [5.74, 6) is 0.155. The largest absolute Gasteiger partial charge is 0.383 e. The zero-order valence-corrected chi connectivity index (χ0v) is 13.2. The predicted octanol–water partition coefficient (Wildman–Crippen LogP) is 2.36. The lowest BCUT2D eigenvalue weighted by Crippen LogP contribution is -2.24. The van der Waals surface area contributed by atoms with Crippen LogP contribution in [0.15, 0.2) is 55.0 Å². The Hall–Kier alpha value is -3.28. The van der Waals surface area contributed by atoms with Gasteiger partial charge in [0, 0.05) is 23.9 Å². The number of nitrogens with one attached hydrogen (secondary N) is 1. The van der Waals surface area contributed by atoms with Gasteiger partial charge in [0.15, 0.2) is 0 Å². The van der Waals surface area contributed by atoms with Crippen LogP contribution in [0.1, 0.15) is 21.6 Å². The average molecular weight is 319 g/mol. The van der Waals surface area contributed by atoms with Crippen molar-refractivity contribution in [2.75, 3.05) is 5.73 Å². The Bertz CT molecular complexity index is 864. The van der Waals surface area contributed by atoms with Gasteiger partial charge in [-0.05, 0) is 19.1 Å². The maximum Gasteiger partial charge on any atom is 0.253 e. The van der Waals surface area contributed by atoms with E-state index >= 15 is 0 Å². The van der Waals surface area contributed by atoms with E-state index in [0.717, 1.165) is 11.3 Å². The van der Waals surface area contributed by atoms with Gasteiger partial charge in [0.05, 0.1) is 17.0 Å². The average Bonchev–Trinajstić information content (AvgIpc) is 2.61. The molecule has 0 fully saturated rings. The molecule has 6 nitrogen and oxygen atoms in total. The van der Waals surface area contributed by atoms with Gasteiger partial charge >= 0.3 is 0 Å². The minimum atomic E-state index is -0.206. The number of nitrogens with two attached hydrogens (primary N) is 1. The standard InChI is InChI=1S/C18H17N5O/c1-12-15(7-8-16(23-12)13-5-3-2-4-6-13)18(24)21-10-14-9-20-11-22-17(14)19/h2-9,11H,10H2,1H3,(H,21,24)(H2,19,20,22). The summed E-state index contributed by atoms with van der Waals surface area (Å²) in [7, 11) is 0. The second-order valence-electron chi connectivity index (χ2n) is 5.31. The summed E-state index contributed by atoms with van der Waals surface area (Å²) in [5.41, 5.74) is 9.48. The first-order valence-corrected chi connectivity index (χ1v) is 7.51. The third kappa shape index (κ3) is 3.38. The number of hydrogen-bond donors (Lipinski definition) is 2. The molecule has 24 heavy (non-hydrogen) atoms. The van der Waals surface area contributed by atoms with Crippen LogP contribution in [0, 0.1) is 6.92 Å². The summed E-state index contributed by atoms with van der Waals surface area (Å²) >= 11 is 0. The van der Waals surface area contributed by atoms with Crippen LogP contribution in [-0.4, -0.2) is 20.9 Å². The molecule has 0 aliphatic rings. The molecule has 2 aromatic heterocycles. The highest BCUT2D eigenvalue weighted by molar-refractivity contribution is 5.95. The lowest BCUT2D eigenvalue weighted by atomic mass is 10.1. The van der Waals surface area contributed by atoms with Crippen LogP contribution in [-0.2, 0) is 6.54 Å². The van der Waals surface area contributed by atoms with Crippen LogP contribution < -0.4 is 11.1 Å². The van der Waals surface area contributed by atoms with Crippen LogP contribution in [0.3, 0.4) is 0 Å². The second-order valence-corrected chi connectivity index (χ2v) is 5.31. The van der Waals surface area contributed by atoms with Crippen molar-refractivity contribution in [3.63, 3.8) is 0 Å². The highest BCUT2D eigenvalue weighted by atomic mass is 16.1. The van der Waals surface area contributed by atoms with Crippen LogP contribution in [0.4, 0.5) is 5.82 Å². The van der Waals surface area contributed by atoms with Gasteiger partial charge in [0.1, 0.15) is 12.1 Å². The molecule has 0 atom stereocenters. The summed E-state index contributed by atoms with van der Waals surface area (Å²) in [6.45, 7) is 2.09. The molecule has 3 rings (SSSR count). The number of amides is 1. The molecular formula is C18H17N5O. The van der Waals surface area contributed by atoms with Gasteiger partial charge in [-0.15, -0.1) is 0 Å².